The summed E-state index contributed by atoms with van der Waals surface area (Å²) in [5.41, 5.74) is 2.50. The second-order valence-electron chi connectivity index (χ2n) is 6.89. The minimum atomic E-state index is 0.311. The Morgan fingerprint density at radius 1 is 1.17 bits per heavy atom. The van der Waals surface area contributed by atoms with E-state index in [4.69, 9.17) is 4.74 Å². The third-order valence-corrected chi connectivity index (χ3v) is 5.25. The summed E-state index contributed by atoms with van der Waals surface area (Å²) in [7, 11) is 1.71. The molecule has 0 N–H and O–H groups in total. The van der Waals surface area contributed by atoms with Crippen LogP contribution in [-0.4, -0.2) is 49.0 Å². The summed E-state index contributed by atoms with van der Waals surface area (Å²) in [6.07, 6.45) is 4.66. The van der Waals surface area contributed by atoms with Crippen molar-refractivity contribution in [1.29, 1.82) is 0 Å². The highest BCUT2D eigenvalue weighted by Gasteiger charge is 2.29. The van der Waals surface area contributed by atoms with E-state index in [0.29, 0.717) is 11.8 Å². The Morgan fingerprint density at radius 2 is 1.87 bits per heavy atom. The van der Waals surface area contributed by atoms with Crippen molar-refractivity contribution in [2.75, 3.05) is 33.3 Å². The van der Waals surface area contributed by atoms with E-state index in [2.05, 4.69) is 28.9 Å². The largest absolute Gasteiger partial charge is 0.496 e. The van der Waals surface area contributed by atoms with Gasteiger partial charge in [-0.1, -0.05) is 25.0 Å². The third-order valence-electron chi connectivity index (χ3n) is 5.25. The summed E-state index contributed by atoms with van der Waals surface area (Å²) in [6, 6.07) is 6.39. The van der Waals surface area contributed by atoms with E-state index in [9.17, 15) is 4.79 Å². The number of carbonyl (C=O) groups is 1. The minimum absolute atomic E-state index is 0.311. The maximum absolute atomic E-state index is 12.5. The number of piperazine rings is 1. The molecular weight excluding hydrogens is 288 g/mol. The Morgan fingerprint density at radius 3 is 2.48 bits per heavy atom. The fraction of sp³-hybridized carbons (Fsp3) is 0.632. The molecule has 1 amide bonds. The average Bonchev–Trinajstić information content (AvgIpc) is 3.09. The van der Waals surface area contributed by atoms with Crippen LogP contribution < -0.4 is 4.74 Å². The quantitative estimate of drug-likeness (QED) is 0.856. The van der Waals surface area contributed by atoms with Gasteiger partial charge in [0.25, 0.3) is 0 Å². The molecule has 1 heterocycles. The van der Waals surface area contributed by atoms with Crippen molar-refractivity contribution in [1.82, 2.24) is 9.80 Å². The standard InChI is InChI=1S/C19H28N2O2/c1-15-13-16(7-8-18(15)23-2)14-20-9-11-21(12-10-20)19(22)17-5-3-4-6-17/h7-8,13,17H,3-6,9-12,14H2,1-2H3. The van der Waals surface area contributed by atoms with Crippen LogP contribution in [-0.2, 0) is 11.3 Å². The molecule has 3 rings (SSSR count). The lowest BCUT2D eigenvalue weighted by Gasteiger charge is -2.36. The summed E-state index contributed by atoms with van der Waals surface area (Å²) < 4.78 is 5.32. The van der Waals surface area contributed by atoms with Gasteiger partial charge in [0.1, 0.15) is 5.75 Å². The molecule has 1 saturated carbocycles. The molecule has 4 nitrogen and oxygen atoms in total. The van der Waals surface area contributed by atoms with Gasteiger partial charge in [-0.15, -0.1) is 0 Å². The molecule has 1 aliphatic heterocycles. The Bertz CT molecular complexity index is 544. The third kappa shape index (κ3) is 3.86. The Labute approximate surface area is 139 Å². The smallest absolute Gasteiger partial charge is 0.225 e. The van der Waals surface area contributed by atoms with Gasteiger partial charge in [-0.25, -0.2) is 0 Å². The van der Waals surface area contributed by atoms with Crippen LogP contribution in [0.4, 0.5) is 0 Å². The van der Waals surface area contributed by atoms with Crippen LogP contribution in [0.3, 0.4) is 0 Å². The van der Waals surface area contributed by atoms with Crippen molar-refractivity contribution < 1.29 is 9.53 Å². The number of amides is 1. The average molecular weight is 316 g/mol. The fourth-order valence-corrected chi connectivity index (χ4v) is 3.85. The van der Waals surface area contributed by atoms with E-state index in [1.165, 1.54) is 24.0 Å². The number of benzene rings is 1. The number of methoxy groups -OCH3 is 1. The second kappa shape index (κ2) is 7.35. The van der Waals surface area contributed by atoms with E-state index < -0.39 is 0 Å². The summed E-state index contributed by atoms with van der Waals surface area (Å²) in [4.78, 5) is 17.0. The molecule has 0 unspecified atom stereocenters. The summed E-state index contributed by atoms with van der Waals surface area (Å²) in [5, 5.41) is 0. The number of rotatable bonds is 4. The first-order chi connectivity index (χ1) is 11.2. The Balaban J connectivity index is 1.51. The highest BCUT2D eigenvalue weighted by molar-refractivity contribution is 5.79. The molecular formula is C19H28N2O2. The van der Waals surface area contributed by atoms with E-state index in [0.717, 1.165) is 51.3 Å². The van der Waals surface area contributed by atoms with Gasteiger partial charge in [0.05, 0.1) is 7.11 Å². The Hall–Kier alpha value is -1.55. The van der Waals surface area contributed by atoms with E-state index in [1.54, 1.807) is 7.11 Å². The van der Waals surface area contributed by atoms with Gasteiger partial charge in [-0.05, 0) is 37.0 Å². The number of hydrogen-bond donors (Lipinski definition) is 0. The number of nitrogens with zero attached hydrogens (tertiary/aromatic N) is 2. The van der Waals surface area contributed by atoms with Gasteiger partial charge < -0.3 is 9.64 Å². The molecule has 1 aromatic rings. The van der Waals surface area contributed by atoms with Gasteiger partial charge >= 0.3 is 0 Å². The predicted molar refractivity (Wildman–Crippen MR) is 91.5 cm³/mol. The molecule has 1 aliphatic carbocycles. The molecule has 4 heteroatoms. The van der Waals surface area contributed by atoms with Crippen molar-refractivity contribution in [3.05, 3.63) is 29.3 Å². The number of hydrogen-bond acceptors (Lipinski definition) is 3. The van der Waals surface area contributed by atoms with Crippen molar-refractivity contribution >= 4 is 5.91 Å². The minimum Gasteiger partial charge on any atom is -0.496 e. The van der Waals surface area contributed by atoms with Crippen LogP contribution in [0.1, 0.15) is 36.8 Å². The second-order valence-corrected chi connectivity index (χ2v) is 6.89. The molecule has 0 radical (unpaired) electrons. The topological polar surface area (TPSA) is 32.8 Å². The van der Waals surface area contributed by atoms with Gasteiger partial charge in [0.15, 0.2) is 0 Å². The zero-order chi connectivity index (χ0) is 16.2. The van der Waals surface area contributed by atoms with Crippen LogP contribution in [0.5, 0.6) is 5.75 Å². The highest BCUT2D eigenvalue weighted by atomic mass is 16.5. The molecule has 1 saturated heterocycles. The Kier molecular flexibility index (Phi) is 5.21. The van der Waals surface area contributed by atoms with Crippen molar-refractivity contribution in [2.45, 2.75) is 39.2 Å². The normalized spacial score (nSPS) is 20.0. The number of aryl methyl sites for hydroxylation is 1. The first-order valence-electron chi connectivity index (χ1n) is 8.82. The fourth-order valence-electron chi connectivity index (χ4n) is 3.85. The molecule has 126 valence electrons. The van der Waals surface area contributed by atoms with E-state index >= 15 is 0 Å². The number of ether oxygens (including phenoxy) is 1. The molecule has 0 atom stereocenters. The van der Waals surface area contributed by atoms with Crippen molar-refractivity contribution in [2.24, 2.45) is 5.92 Å². The summed E-state index contributed by atoms with van der Waals surface area (Å²) in [5.74, 6) is 1.66. The zero-order valence-corrected chi connectivity index (χ0v) is 14.4. The van der Waals surface area contributed by atoms with Crippen molar-refractivity contribution in [3.63, 3.8) is 0 Å². The lowest BCUT2D eigenvalue weighted by Crippen LogP contribution is -2.49. The molecule has 0 bridgehead atoms. The first-order valence-corrected chi connectivity index (χ1v) is 8.82. The molecule has 0 aromatic heterocycles. The van der Waals surface area contributed by atoms with E-state index in [-0.39, 0.29) is 0 Å². The molecule has 23 heavy (non-hydrogen) atoms. The van der Waals surface area contributed by atoms with Crippen LogP contribution in [0.15, 0.2) is 18.2 Å². The maximum Gasteiger partial charge on any atom is 0.225 e. The predicted octanol–water partition coefficient (Wildman–Crippen LogP) is 2.84. The van der Waals surface area contributed by atoms with Gasteiger partial charge in [-0.3, -0.25) is 9.69 Å². The summed E-state index contributed by atoms with van der Waals surface area (Å²) in [6.45, 7) is 6.75. The van der Waals surface area contributed by atoms with Crippen LogP contribution in [0, 0.1) is 12.8 Å². The molecule has 1 aromatic carbocycles. The SMILES string of the molecule is COc1ccc(CN2CCN(C(=O)C3CCCC3)CC2)cc1C. The van der Waals surface area contributed by atoms with E-state index in [1.807, 2.05) is 6.07 Å². The summed E-state index contributed by atoms with van der Waals surface area (Å²) >= 11 is 0. The lowest BCUT2D eigenvalue weighted by atomic mass is 10.1. The maximum atomic E-state index is 12.5. The van der Waals surface area contributed by atoms with Crippen LogP contribution in [0.25, 0.3) is 0 Å². The van der Waals surface area contributed by atoms with Gasteiger partial charge in [0.2, 0.25) is 5.91 Å². The van der Waals surface area contributed by atoms with Crippen molar-refractivity contribution in [3.8, 4) is 5.75 Å². The van der Waals surface area contributed by atoms with Crippen LogP contribution >= 0.6 is 0 Å². The molecule has 2 fully saturated rings. The highest BCUT2D eigenvalue weighted by Crippen LogP contribution is 2.27. The number of carbonyl (C=O) groups excluding carboxylic acids is 1. The first kappa shape index (κ1) is 16.3. The van der Waals surface area contributed by atoms with Crippen LogP contribution in [0.2, 0.25) is 0 Å². The molecule has 0 spiro atoms. The molecule has 2 aliphatic rings. The zero-order valence-electron chi connectivity index (χ0n) is 14.4. The lowest BCUT2D eigenvalue weighted by molar-refractivity contribution is -0.137. The van der Waals surface area contributed by atoms with Gasteiger partial charge in [0, 0.05) is 38.6 Å². The van der Waals surface area contributed by atoms with Gasteiger partial charge in [-0.2, -0.15) is 0 Å². The monoisotopic (exact) mass is 316 g/mol.